The topological polar surface area (TPSA) is 109 Å². The Morgan fingerprint density at radius 3 is 2.76 bits per heavy atom. The van der Waals surface area contributed by atoms with Crippen LogP contribution in [-0.4, -0.2) is 57.7 Å². The van der Waals surface area contributed by atoms with E-state index in [0.717, 1.165) is 31.1 Å². The van der Waals surface area contributed by atoms with Gasteiger partial charge in [0.1, 0.15) is 17.2 Å². The maximum Gasteiger partial charge on any atom is 0.270 e. The number of aliphatic hydroxyl groups excluding tert-OH is 1. The molecule has 2 aromatic heterocycles. The second-order valence-corrected chi connectivity index (χ2v) is 6.71. The first-order chi connectivity index (χ1) is 12.0. The zero-order valence-corrected chi connectivity index (χ0v) is 14.8. The van der Waals surface area contributed by atoms with E-state index in [9.17, 15) is 4.79 Å². The van der Waals surface area contributed by atoms with Crippen molar-refractivity contribution in [1.29, 1.82) is 0 Å². The number of nitrogens with two attached hydrogens (primary N) is 1. The molecule has 0 aromatic carbocycles. The maximum absolute atomic E-state index is 12.7. The van der Waals surface area contributed by atoms with Crippen molar-refractivity contribution in [3.8, 4) is 0 Å². The van der Waals surface area contributed by atoms with Gasteiger partial charge in [-0.15, -0.1) is 0 Å². The molecule has 1 saturated carbocycles. The number of nitrogen functional groups attached to an aromatic ring is 1. The summed E-state index contributed by atoms with van der Waals surface area (Å²) in [7, 11) is 3.50. The van der Waals surface area contributed by atoms with Crippen LogP contribution in [0.15, 0.2) is 6.07 Å². The summed E-state index contributed by atoms with van der Waals surface area (Å²) >= 11 is 0. The molecule has 136 valence electrons. The highest BCUT2D eigenvalue weighted by Crippen LogP contribution is 2.36. The Kier molecular flexibility index (Phi) is 5.08. The molecule has 3 rings (SSSR count). The number of aromatic nitrogens is 3. The van der Waals surface area contributed by atoms with Crippen LogP contribution in [0.3, 0.4) is 0 Å². The van der Waals surface area contributed by atoms with Gasteiger partial charge in [0.25, 0.3) is 5.91 Å². The van der Waals surface area contributed by atoms with E-state index in [0.29, 0.717) is 30.1 Å². The minimum atomic E-state index is -0.0511. The molecule has 0 radical (unpaired) electrons. The van der Waals surface area contributed by atoms with Gasteiger partial charge in [0, 0.05) is 33.3 Å². The lowest BCUT2D eigenvalue weighted by molar-refractivity contribution is 0.0815. The van der Waals surface area contributed by atoms with Crippen molar-refractivity contribution in [1.82, 2.24) is 19.4 Å². The number of hydrogen-bond donors (Lipinski definition) is 3. The third-order valence-electron chi connectivity index (χ3n) is 4.65. The van der Waals surface area contributed by atoms with Crippen LogP contribution in [0.25, 0.3) is 11.0 Å². The van der Waals surface area contributed by atoms with Crippen molar-refractivity contribution in [3.63, 3.8) is 0 Å². The van der Waals surface area contributed by atoms with Gasteiger partial charge in [0.2, 0.25) is 5.95 Å². The summed E-state index contributed by atoms with van der Waals surface area (Å²) in [4.78, 5) is 23.0. The molecule has 1 aliphatic carbocycles. The van der Waals surface area contributed by atoms with Gasteiger partial charge in [-0.25, -0.2) is 0 Å². The van der Waals surface area contributed by atoms with Gasteiger partial charge in [-0.3, -0.25) is 4.79 Å². The zero-order valence-electron chi connectivity index (χ0n) is 14.8. The van der Waals surface area contributed by atoms with E-state index in [1.807, 2.05) is 10.6 Å². The van der Waals surface area contributed by atoms with Gasteiger partial charge < -0.3 is 25.6 Å². The van der Waals surface area contributed by atoms with Gasteiger partial charge in [0.15, 0.2) is 0 Å². The van der Waals surface area contributed by atoms with Crippen LogP contribution in [-0.2, 0) is 0 Å². The standard InChI is InChI=1S/C17H26N6O2/c1-22(2)16(25)13-10-12-14(19-8-5-9-24)20-17(18)21-15(12)23(13)11-6-3-4-7-11/h10-11,24H,3-9H2,1-2H3,(H3,18,19,20,21). The molecule has 8 heteroatoms. The average Bonchev–Trinajstić information content (AvgIpc) is 3.21. The first-order valence-electron chi connectivity index (χ1n) is 8.77. The first kappa shape index (κ1) is 17.5. The molecule has 0 spiro atoms. The summed E-state index contributed by atoms with van der Waals surface area (Å²) in [6.45, 7) is 0.678. The van der Waals surface area contributed by atoms with E-state index in [1.165, 1.54) is 0 Å². The summed E-state index contributed by atoms with van der Waals surface area (Å²) in [5.41, 5.74) is 7.25. The van der Waals surface area contributed by atoms with Crippen LogP contribution in [0.5, 0.6) is 0 Å². The van der Waals surface area contributed by atoms with Gasteiger partial charge in [-0.05, 0) is 25.3 Å². The van der Waals surface area contributed by atoms with Gasteiger partial charge >= 0.3 is 0 Å². The maximum atomic E-state index is 12.7. The second kappa shape index (κ2) is 7.26. The molecule has 2 aromatic rings. The largest absolute Gasteiger partial charge is 0.396 e. The number of anilines is 2. The van der Waals surface area contributed by atoms with Crippen molar-refractivity contribution in [2.45, 2.75) is 38.1 Å². The van der Waals surface area contributed by atoms with E-state index in [1.54, 1.807) is 19.0 Å². The van der Waals surface area contributed by atoms with Gasteiger partial charge in [-0.2, -0.15) is 9.97 Å². The number of carbonyl (C=O) groups is 1. The number of aliphatic hydroxyl groups is 1. The second-order valence-electron chi connectivity index (χ2n) is 6.71. The van der Waals surface area contributed by atoms with E-state index < -0.39 is 0 Å². The predicted molar refractivity (Wildman–Crippen MR) is 97.7 cm³/mol. The third kappa shape index (κ3) is 3.39. The van der Waals surface area contributed by atoms with Crippen molar-refractivity contribution in [2.24, 2.45) is 0 Å². The summed E-state index contributed by atoms with van der Waals surface area (Å²) in [6, 6.07) is 2.12. The van der Waals surface area contributed by atoms with Crippen LogP contribution in [0.1, 0.15) is 48.6 Å². The molecule has 2 heterocycles. The van der Waals surface area contributed by atoms with E-state index >= 15 is 0 Å². The van der Waals surface area contributed by atoms with Crippen LogP contribution in [0.2, 0.25) is 0 Å². The first-order valence-corrected chi connectivity index (χ1v) is 8.77. The van der Waals surface area contributed by atoms with E-state index in [2.05, 4.69) is 15.3 Å². The number of hydrogen-bond acceptors (Lipinski definition) is 6. The number of carbonyl (C=O) groups excluding carboxylic acids is 1. The molecule has 0 aliphatic heterocycles. The molecule has 0 unspecified atom stereocenters. The molecule has 1 fully saturated rings. The summed E-state index contributed by atoms with van der Waals surface area (Å²) < 4.78 is 2.04. The van der Waals surface area contributed by atoms with Crippen LogP contribution >= 0.6 is 0 Å². The van der Waals surface area contributed by atoms with Crippen LogP contribution in [0.4, 0.5) is 11.8 Å². The minimum Gasteiger partial charge on any atom is -0.396 e. The Balaban J connectivity index is 2.14. The predicted octanol–water partition coefficient (Wildman–Crippen LogP) is 1.62. The van der Waals surface area contributed by atoms with Crippen LogP contribution < -0.4 is 11.1 Å². The molecular formula is C17H26N6O2. The van der Waals surface area contributed by atoms with Crippen molar-refractivity contribution in [3.05, 3.63) is 11.8 Å². The van der Waals surface area contributed by atoms with Crippen LogP contribution in [0, 0.1) is 0 Å². The number of fused-ring (bicyclic) bond motifs is 1. The number of rotatable bonds is 6. The average molecular weight is 346 g/mol. The minimum absolute atomic E-state index is 0.0511. The van der Waals surface area contributed by atoms with Crippen molar-refractivity contribution in [2.75, 3.05) is 38.3 Å². The van der Waals surface area contributed by atoms with Crippen molar-refractivity contribution < 1.29 is 9.90 Å². The highest BCUT2D eigenvalue weighted by Gasteiger charge is 2.27. The fraction of sp³-hybridized carbons (Fsp3) is 0.588. The summed E-state index contributed by atoms with van der Waals surface area (Å²) in [5.74, 6) is 0.741. The van der Waals surface area contributed by atoms with Gasteiger partial charge in [-0.1, -0.05) is 12.8 Å². The summed E-state index contributed by atoms with van der Waals surface area (Å²) in [5, 5.41) is 13.0. The highest BCUT2D eigenvalue weighted by atomic mass is 16.3. The molecule has 1 amide bonds. The fourth-order valence-electron chi connectivity index (χ4n) is 3.46. The molecule has 1 aliphatic rings. The molecule has 0 atom stereocenters. The quantitative estimate of drug-likeness (QED) is 0.686. The molecule has 4 N–H and O–H groups in total. The molecule has 0 saturated heterocycles. The Labute approximate surface area is 147 Å². The SMILES string of the molecule is CN(C)C(=O)c1cc2c(NCCCO)nc(N)nc2n1C1CCCC1. The lowest BCUT2D eigenvalue weighted by Gasteiger charge is -2.19. The molecular weight excluding hydrogens is 320 g/mol. The molecule has 8 nitrogen and oxygen atoms in total. The fourth-order valence-corrected chi connectivity index (χ4v) is 3.46. The van der Waals surface area contributed by atoms with Gasteiger partial charge in [0.05, 0.1) is 5.39 Å². The summed E-state index contributed by atoms with van der Waals surface area (Å²) in [6.07, 6.45) is 4.99. The molecule has 25 heavy (non-hydrogen) atoms. The van der Waals surface area contributed by atoms with Crippen molar-refractivity contribution >= 4 is 28.7 Å². The van der Waals surface area contributed by atoms with E-state index in [-0.39, 0.29) is 24.5 Å². The Morgan fingerprint density at radius 1 is 1.40 bits per heavy atom. The normalized spacial score (nSPS) is 15.0. The Hall–Kier alpha value is -2.35. The lowest BCUT2D eigenvalue weighted by Crippen LogP contribution is -2.25. The highest BCUT2D eigenvalue weighted by molar-refractivity contribution is 6.01. The number of nitrogens with zero attached hydrogens (tertiary/aromatic N) is 4. The van der Waals surface area contributed by atoms with E-state index in [4.69, 9.17) is 10.8 Å². The lowest BCUT2D eigenvalue weighted by atomic mass is 10.2. The monoisotopic (exact) mass is 346 g/mol. The zero-order chi connectivity index (χ0) is 18.0. The molecule has 0 bridgehead atoms. The number of amides is 1. The number of nitrogens with one attached hydrogen (secondary N) is 1. The Morgan fingerprint density at radius 2 is 2.12 bits per heavy atom. The third-order valence-corrected chi connectivity index (χ3v) is 4.65. The Bertz CT molecular complexity index is 764. The smallest absolute Gasteiger partial charge is 0.270 e.